The van der Waals surface area contributed by atoms with Gasteiger partial charge in [-0.05, 0) is 12.8 Å². The van der Waals surface area contributed by atoms with Gasteiger partial charge in [-0.3, -0.25) is 4.79 Å². The van der Waals surface area contributed by atoms with Crippen molar-refractivity contribution in [2.24, 2.45) is 5.41 Å². The van der Waals surface area contributed by atoms with E-state index < -0.39 is 37.0 Å². The Morgan fingerprint density at radius 2 is 2.00 bits per heavy atom. The topological polar surface area (TPSA) is 89.9 Å². The van der Waals surface area contributed by atoms with Crippen LogP contribution in [0.2, 0.25) is 0 Å². The first-order chi connectivity index (χ1) is 8.91. The summed E-state index contributed by atoms with van der Waals surface area (Å²) >= 11 is 0. The van der Waals surface area contributed by atoms with E-state index in [1.807, 2.05) is 0 Å². The lowest BCUT2D eigenvalue weighted by atomic mass is 9.69. The first-order valence-electron chi connectivity index (χ1n) is 6.06. The van der Waals surface area contributed by atoms with Crippen LogP contribution in [-0.2, 0) is 4.79 Å². The molecule has 0 heterocycles. The van der Waals surface area contributed by atoms with Crippen LogP contribution in [0.25, 0.3) is 0 Å². The molecule has 0 saturated heterocycles. The SMILES string of the molecule is O=C(NCC1(C(=O)O)CCC1)N(CCO)CC(F)F. The molecule has 110 valence electrons. The fourth-order valence-corrected chi connectivity index (χ4v) is 1.99. The summed E-state index contributed by atoms with van der Waals surface area (Å²) in [6.07, 6.45) is -0.983. The van der Waals surface area contributed by atoms with E-state index in [2.05, 4.69) is 5.32 Å². The second kappa shape index (κ2) is 6.65. The molecule has 0 aromatic rings. The number of rotatable bonds is 7. The minimum Gasteiger partial charge on any atom is -0.481 e. The first-order valence-corrected chi connectivity index (χ1v) is 6.06. The lowest BCUT2D eigenvalue weighted by Crippen LogP contribution is -2.51. The average Bonchev–Trinajstić information content (AvgIpc) is 2.25. The Hall–Kier alpha value is -1.44. The Balaban J connectivity index is 2.49. The van der Waals surface area contributed by atoms with Crippen LogP contribution >= 0.6 is 0 Å². The monoisotopic (exact) mass is 280 g/mol. The molecule has 0 radical (unpaired) electrons. The van der Waals surface area contributed by atoms with E-state index in [9.17, 15) is 18.4 Å². The van der Waals surface area contributed by atoms with Gasteiger partial charge in [0.25, 0.3) is 6.43 Å². The zero-order valence-electron chi connectivity index (χ0n) is 10.4. The number of alkyl halides is 2. The Labute approximate surface area is 109 Å². The van der Waals surface area contributed by atoms with Gasteiger partial charge in [-0.2, -0.15) is 0 Å². The van der Waals surface area contributed by atoms with Gasteiger partial charge in [0.2, 0.25) is 0 Å². The molecule has 0 aromatic carbocycles. The van der Waals surface area contributed by atoms with Crippen molar-refractivity contribution in [2.75, 3.05) is 26.2 Å². The lowest BCUT2D eigenvalue weighted by molar-refractivity contribution is -0.153. The quantitative estimate of drug-likeness (QED) is 0.634. The molecule has 0 spiro atoms. The smallest absolute Gasteiger partial charge is 0.317 e. The Morgan fingerprint density at radius 1 is 1.37 bits per heavy atom. The normalized spacial score (nSPS) is 16.8. The second-order valence-corrected chi connectivity index (χ2v) is 4.66. The number of halogens is 2. The predicted molar refractivity (Wildman–Crippen MR) is 62.0 cm³/mol. The molecule has 3 N–H and O–H groups in total. The first kappa shape index (κ1) is 15.6. The maximum atomic E-state index is 12.3. The fraction of sp³-hybridized carbons (Fsp3) is 0.818. The lowest BCUT2D eigenvalue weighted by Gasteiger charge is -2.38. The fourth-order valence-electron chi connectivity index (χ4n) is 1.99. The van der Waals surface area contributed by atoms with E-state index in [1.165, 1.54) is 0 Å². The average molecular weight is 280 g/mol. The number of amides is 2. The molecule has 1 aliphatic rings. The molecule has 1 saturated carbocycles. The maximum Gasteiger partial charge on any atom is 0.317 e. The number of carboxylic acids is 1. The maximum absolute atomic E-state index is 12.3. The van der Waals surface area contributed by atoms with E-state index in [1.54, 1.807) is 0 Å². The third-order valence-corrected chi connectivity index (χ3v) is 3.36. The summed E-state index contributed by atoms with van der Waals surface area (Å²) in [6, 6.07) is -0.776. The molecule has 19 heavy (non-hydrogen) atoms. The number of aliphatic hydroxyl groups is 1. The van der Waals surface area contributed by atoms with Crippen LogP contribution in [0.4, 0.5) is 13.6 Å². The highest BCUT2D eigenvalue weighted by atomic mass is 19.3. The predicted octanol–water partition coefficient (Wildman–Crippen LogP) is 0.510. The van der Waals surface area contributed by atoms with Crippen molar-refractivity contribution in [1.82, 2.24) is 10.2 Å². The van der Waals surface area contributed by atoms with E-state index in [-0.39, 0.29) is 13.1 Å². The minimum atomic E-state index is -2.70. The molecule has 6 nitrogen and oxygen atoms in total. The number of nitrogens with zero attached hydrogens (tertiary/aromatic N) is 1. The van der Waals surface area contributed by atoms with Gasteiger partial charge in [0.15, 0.2) is 0 Å². The van der Waals surface area contributed by atoms with E-state index in [4.69, 9.17) is 10.2 Å². The van der Waals surface area contributed by atoms with Crippen LogP contribution in [0, 0.1) is 5.41 Å². The Kier molecular flexibility index (Phi) is 5.46. The van der Waals surface area contributed by atoms with Crippen molar-refractivity contribution in [1.29, 1.82) is 0 Å². The highest BCUT2D eigenvalue weighted by Gasteiger charge is 2.44. The molecular formula is C11H18F2N2O4. The number of urea groups is 1. The molecule has 0 unspecified atom stereocenters. The molecule has 1 fully saturated rings. The molecule has 2 amide bonds. The van der Waals surface area contributed by atoms with Crippen LogP contribution < -0.4 is 5.32 Å². The molecule has 1 rings (SSSR count). The van der Waals surface area contributed by atoms with Crippen LogP contribution in [0.15, 0.2) is 0 Å². The third-order valence-electron chi connectivity index (χ3n) is 3.36. The number of hydrogen-bond donors (Lipinski definition) is 3. The van der Waals surface area contributed by atoms with Crippen molar-refractivity contribution in [3.8, 4) is 0 Å². The summed E-state index contributed by atoms with van der Waals surface area (Å²) in [5, 5.41) is 20.1. The van der Waals surface area contributed by atoms with Crippen LogP contribution in [0.1, 0.15) is 19.3 Å². The summed E-state index contributed by atoms with van der Waals surface area (Å²) in [5.74, 6) is -0.985. The van der Waals surface area contributed by atoms with E-state index >= 15 is 0 Å². The van der Waals surface area contributed by atoms with Crippen molar-refractivity contribution in [2.45, 2.75) is 25.7 Å². The third kappa shape index (κ3) is 4.02. The van der Waals surface area contributed by atoms with Crippen molar-refractivity contribution < 1.29 is 28.6 Å². The summed E-state index contributed by atoms with van der Waals surface area (Å²) in [5.41, 5.74) is -0.967. The second-order valence-electron chi connectivity index (χ2n) is 4.66. The molecule has 0 atom stereocenters. The van der Waals surface area contributed by atoms with Crippen molar-refractivity contribution in [3.05, 3.63) is 0 Å². The highest BCUT2D eigenvalue weighted by molar-refractivity contribution is 5.79. The number of carbonyl (C=O) groups is 2. The van der Waals surface area contributed by atoms with Crippen molar-refractivity contribution >= 4 is 12.0 Å². The van der Waals surface area contributed by atoms with Crippen LogP contribution in [0.3, 0.4) is 0 Å². The van der Waals surface area contributed by atoms with Gasteiger partial charge in [-0.1, -0.05) is 6.42 Å². The Morgan fingerprint density at radius 3 is 2.37 bits per heavy atom. The van der Waals surface area contributed by atoms with Crippen LogP contribution in [-0.4, -0.2) is 59.8 Å². The van der Waals surface area contributed by atoms with Gasteiger partial charge in [-0.15, -0.1) is 0 Å². The van der Waals surface area contributed by atoms with E-state index in [0.29, 0.717) is 12.8 Å². The van der Waals surface area contributed by atoms with Gasteiger partial charge < -0.3 is 20.4 Å². The molecular weight excluding hydrogens is 262 g/mol. The minimum absolute atomic E-state index is 0.0771. The summed E-state index contributed by atoms with van der Waals surface area (Å²) in [7, 11) is 0. The summed E-state index contributed by atoms with van der Waals surface area (Å²) in [4.78, 5) is 23.5. The number of hydrogen-bond acceptors (Lipinski definition) is 3. The van der Waals surface area contributed by atoms with Gasteiger partial charge in [0, 0.05) is 13.1 Å². The number of carbonyl (C=O) groups excluding carboxylic acids is 1. The number of carboxylic acid groups (broad SMARTS) is 1. The summed E-state index contributed by atoms with van der Waals surface area (Å²) in [6.45, 7) is -1.50. The molecule has 0 aliphatic heterocycles. The standard InChI is InChI=1S/C11H18F2N2O4/c12-8(13)6-15(4-5-16)10(19)14-7-11(9(17)18)2-1-3-11/h8,16H,1-7H2,(H,14,19)(H,17,18). The largest absolute Gasteiger partial charge is 0.481 e. The van der Waals surface area contributed by atoms with E-state index in [0.717, 1.165) is 11.3 Å². The zero-order valence-corrected chi connectivity index (χ0v) is 10.4. The van der Waals surface area contributed by atoms with Crippen LogP contribution in [0.5, 0.6) is 0 Å². The Bertz CT molecular complexity index is 335. The zero-order chi connectivity index (χ0) is 14.5. The van der Waals surface area contributed by atoms with Gasteiger partial charge in [0.05, 0.1) is 18.6 Å². The van der Waals surface area contributed by atoms with Gasteiger partial charge in [0.1, 0.15) is 0 Å². The number of aliphatic hydroxyl groups excluding tert-OH is 1. The summed E-state index contributed by atoms with van der Waals surface area (Å²) < 4.78 is 24.5. The molecule has 0 bridgehead atoms. The van der Waals surface area contributed by atoms with Gasteiger partial charge >= 0.3 is 12.0 Å². The molecule has 0 aromatic heterocycles. The van der Waals surface area contributed by atoms with Gasteiger partial charge in [-0.25, -0.2) is 13.6 Å². The highest BCUT2D eigenvalue weighted by Crippen LogP contribution is 2.40. The number of nitrogens with one attached hydrogen (secondary N) is 1. The molecule has 8 heteroatoms. The molecule has 1 aliphatic carbocycles. The van der Waals surface area contributed by atoms with Crippen molar-refractivity contribution in [3.63, 3.8) is 0 Å². The number of aliphatic carboxylic acids is 1.